The molecule has 1 N–H and O–H groups in total. The quantitative estimate of drug-likeness (QED) is 0.850. The first-order valence-electron chi connectivity index (χ1n) is 8.07. The van der Waals surface area contributed by atoms with Crippen molar-refractivity contribution in [2.24, 2.45) is 0 Å². The van der Waals surface area contributed by atoms with Crippen LogP contribution in [-0.2, 0) is 11.3 Å². The van der Waals surface area contributed by atoms with Crippen LogP contribution in [0, 0.1) is 0 Å². The van der Waals surface area contributed by atoms with Crippen LogP contribution >= 0.6 is 0 Å². The fourth-order valence-corrected chi connectivity index (χ4v) is 2.55. The van der Waals surface area contributed by atoms with Gasteiger partial charge in [-0.15, -0.1) is 0 Å². The maximum Gasteiger partial charge on any atom is 0.126 e. The first kappa shape index (κ1) is 15.8. The molecule has 2 aromatic rings. The normalized spacial score (nSPS) is 15.3. The van der Waals surface area contributed by atoms with Gasteiger partial charge >= 0.3 is 0 Å². The standard InChI is InChI=1S/C18H23N3O2/c1-2-6-17(23-14-11-21-9-12-22-13-10-21)16(5-1)15-20-18-7-3-4-8-19-18/h1-8H,9-15H2,(H,19,20). The summed E-state index contributed by atoms with van der Waals surface area (Å²) in [4.78, 5) is 6.65. The van der Waals surface area contributed by atoms with E-state index in [1.165, 1.54) is 0 Å². The van der Waals surface area contributed by atoms with Gasteiger partial charge in [0.15, 0.2) is 0 Å². The van der Waals surface area contributed by atoms with E-state index in [0.29, 0.717) is 13.2 Å². The van der Waals surface area contributed by atoms with Gasteiger partial charge in [-0.25, -0.2) is 4.98 Å². The molecule has 3 rings (SSSR count). The number of anilines is 1. The molecule has 23 heavy (non-hydrogen) atoms. The fraction of sp³-hybridized carbons (Fsp3) is 0.389. The van der Waals surface area contributed by atoms with Gasteiger partial charge in [0.2, 0.25) is 0 Å². The van der Waals surface area contributed by atoms with Gasteiger partial charge in [-0.05, 0) is 18.2 Å². The van der Waals surface area contributed by atoms with Crippen LogP contribution in [0.3, 0.4) is 0 Å². The molecule has 0 aliphatic carbocycles. The number of benzene rings is 1. The van der Waals surface area contributed by atoms with E-state index < -0.39 is 0 Å². The minimum atomic E-state index is 0.695. The molecule has 0 spiro atoms. The fourth-order valence-electron chi connectivity index (χ4n) is 2.55. The lowest BCUT2D eigenvalue weighted by Gasteiger charge is -2.26. The molecule has 0 atom stereocenters. The number of rotatable bonds is 7. The van der Waals surface area contributed by atoms with Crippen molar-refractivity contribution in [3.8, 4) is 5.75 Å². The molecule has 1 fully saturated rings. The van der Waals surface area contributed by atoms with Crippen LogP contribution in [0.1, 0.15) is 5.56 Å². The number of morpholine rings is 1. The largest absolute Gasteiger partial charge is 0.492 e. The highest BCUT2D eigenvalue weighted by Gasteiger charge is 2.10. The minimum Gasteiger partial charge on any atom is -0.492 e. The Kier molecular flexibility index (Phi) is 5.83. The summed E-state index contributed by atoms with van der Waals surface area (Å²) in [5.74, 6) is 1.81. The van der Waals surface area contributed by atoms with Crippen molar-refractivity contribution in [3.05, 3.63) is 54.2 Å². The Morgan fingerprint density at radius 2 is 1.91 bits per heavy atom. The first-order valence-corrected chi connectivity index (χ1v) is 8.07. The molecule has 1 aromatic carbocycles. The highest BCUT2D eigenvalue weighted by molar-refractivity contribution is 5.39. The number of hydrogen-bond acceptors (Lipinski definition) is 5. The van der Waals surface area contributed by atoms with Gasteiger partial charge < -0.3 is 14.8 Å². The van der Waals surface area contributed by atoms with Crippen molar-refractivity contribution in [3.63, 3.8) is 0 Å². The highest BCUT2D eigenvalue weighted by Crippen LogP contribution is 2.19. The molecular weight excluding hydrogens is 290 g/mol. The topological polar surface area (TPSA) is 46.6 Å². The molecule has 1 aromatic heterocycles. The third-order valence-corrected chi connectivity index (χ3v) is 3.87. The highest BCUT2D eigenvalue weighted by atomic mass is 16.5. The van der Waals surface area contributed by atoms with Gasteiger partial charge in [0, 0.05) is 37.9 Å². The minimum absolute atomic E-state index is 0.695. The van der Waals surface area contributed by atoms with Crippen LogP contribution in [0.4, 0.5) is 5.82 Å². The Morgan fingerprint density at radius 3 is 2.74 bits per heavy atom. The maximum atomic E-state index is 5.99. The van der Waals surface area contributed by atoms with E-state index in [0.717, 1.165) is 50.0 Å². The molecule has 0 saturated carbocycles. The van der Waals surface area contributed by atoms with Gasteiger partial charge in [-0.1, -0.05) is 24.3 Å². The summed E-state index contributed by atoms with van der Waals surface area (Å²) >= 11 is 0. The number of para-hydroxylation sites is 1. The van der Waals surface area contributed by atoms with Crippen molar-refractivity contribution < 1.29 is 9.47 Å². The number of hydrogen-bond donors (Lipinski definition) is 1. The van der Waals surface area contributed by atoms with Crippen LogP contribution in [0.15, 0.2) is 48.7 Å². The predicted molar refractivity (Wildman–Crippen MR) is 90.8 cm³/mol. The zero-order chi connectivity index (χ0) is 15.7. The maximum absolute atomic E-state index is 5.99. The molecule has 2 heterocycles. The summed E-state index contributed by atoms with van der Waals surface area (Å²) in [6.07, 6.45) is 1.78. The number of pyridine rings is 1. The van der Waals surface area contributed by atoms with E-state index in [1.54, 1.807) is 6.20 Å². The Bertz CT molecular complexity index is 586. The summed E-state index contributed by atoms with van der Waals surface area (Å²) in [6, 6.07) is 14.0. The smallest absolute Gasteiger partial charge is 0.126 e. The van der Waals surface area contributed by atoms with Crippen molar-refractivity contribution in [1.29, 1.82) is 0 Å². The van der Waals surface area contributed by atoms with Crippen LogP contribution in [-0.4, -0.2) is 49.3 Å². The monoisotopic (exact) mass is 313 g/mol. The van der Waals surface area contributed by atoms with E-state index in [4.69, 9.17) is 9.47 Å². The van der Waals surface area contributed by atoms with Gasteiger partial charge in [0.1, 0.15) is 18.2 Å². The molecule has 0 amide bonds. The van der Waals surface area contributed by atoms with Crippen molar-refractivity contribution in [1.82, 2.24) is 9.88 Å². The molecule has 122 valence electrons. The Balaban J connectivity index is 1.50. The second kappa shape index (κ2) is 8.50. The average Bonchev–Trinajstić information content (AvgIpc) is 2.63. The number of nitrogens with one attached hydrogen (secondary N) is 1. The van der Waals surface area contributed by atoms with E-state index in [-0.39, 0.29) is 0 Å². The number of nitrogens with zero attached hydrogens (tertiary/aromatic N) is 2. The number of aromatic nitrogens is 1. The predicted octanol–water partition coefficient (Wildman–Crippen LogP) is 2.40. The molecule has 0 unspecified atom stereocenters. The van der Waals surface area contributed by atoms with Gasteiger partial charge in [0.05, 0.1) is 13.2 Å². The third kappa shape index (κ3) is 4.94. The second-order valence-corrected chi connectivity index (χ2v) is 5.48. The molecule has 5 heteroatoms. The molecule has 0 radical (unpaired) electrons. The SMILES string of the molecule is c1ccc(NCc2ccccc2OCCN2CCOCC2)nc1. The summed E-state index contributed by atoms with van der Waals surface area (Å²) in [5.41, 5.74) is 1.14. The molecule has 1 aliphatic heterocycles. The molecule has 0 bridgehead atoms. The van der Waals surface area contributed by atoms with E-state index in [1.807, 2.05) is 36.4 Å². The van der Waals surface area contributed by atoms with E-state index in [9.17, 15) is 0 Å². The second-order valence-electron chi connectivity index (χ2n) is 5.48. The summed E-state index contributed by atoms with van der Waals surface area (Å²) in [6.45, 7) is 5.96. The summed E-state index contributed by atoms with van der Waals surface area (Å²) in [7, 11) is 0. The molecule has 5 nitrogen and oxygen atoms in total. The third-order valence-electron chi connectivity index (χ3n) is 3.87. The average molecular weight is 313 g/mol. The van der Waals surface area contributed by atoms with Gasteiger partial charge in [-0.2, -0.15) is 0 Å². The van der Waals surface area contributed by atoms with Crippen molar-refractivity contribution >= 4 is 5.82 Å². The summed E-state index contributed by atoms with van der Waals surface area (Å²) in [5, 5.41) is 3.32. The molecular formula is C18H23N3O2. The summed E-state index contributed by atoms with van der Waals surface area (Å²) < 4.78 is 11.3. The van der Waals surface area contributed by atoms with Crippen LogP contribution in [0.2, 0.25) is 0 Å². The van der Waals surface area contributed by atoms with Crippen molar-refractivity contribution in [2.45, 2.75) is 6.54 Å². The van der Waals surface area contributed by atoms with Crippen molar-refractivity contribution in [2.75, 3.05) is 44.8 Å². The van der Waals surface area contributed by atoms with Crippen LogP contribution in [0.5, 0.6) is 5.75 Å². The number of ether oxygens (including phenoxy) is 2. The van der Waals surface area contributed by atoms with Crippen LogP contribution in [0.25, 0.3) is 0 Å². The lowest BCUT2D eigenvalue weighted by Crippen LogP contribution is -2.38. The lowest BCUT2D eigenvalue weighted by molar-refractivity contribution is 0.0322. The Labute approximate surface area is 137 Å². The van der Waals surface area contributed by atoms with Crippen LogP contribution < -0.4 is 10.1 Å². The lowest BCUT2D eigenvalue weighted by atomic mass is 10.2. The molecule has 1 aliphatic rings. The van der Waals surface area contributed by atoms with E-state index in [2.05, 4.69) is 21.3 Å². The zero-order valence-electron chi connectivity index (χ0n) is 13.3. The zero-order valence-corrected chi connectivity index (χ0v) is 13.3. The molecule has 1 saturated heterocycles. The Hall–Kier alpha value is -2.11. The Morgan fingerprint density at radius 1 is 1.09 bits per heavy atom. The first-order chi connectivity index (χ1) is 11.4. The van der Waals surface area contributed by atoms with Gasteiger partial charge in [-0.3, -0.25) is 4.90 Å². The van der Waals surface area contributed by atoms with E-state index >= 15 is 0 Å². The van der Waals surface area contributed by atoms with Gasteiger partial charge in [0.25, 0.3) is 0 Å².